The first kappa shape index (κ1) is 11.6. The Hall–Kier alpha value is -1.49. The molecule has 5 heteroatoms. The molecule has 0 fully saturated rings. The zero-order valence-electron chi connectivity index (χ0n) is 9.02. The predicted molar refractivity (Wildman–Crippen MR) is 53.9 cm³/mol. The summed E-state index contributed by atoms with van der Waals surface area (Å²) in [6.07, 6.45) is 1.45. The minimum Gasteiger partial charge on any atom is -0.477 e. The molecule has 1 N–H and O–H groups in total. The van der Waals surface area contributed by atoms with Crippen LogP contribution in [0.1, 0.15) is 30.2 Å². The van der Waals surface area contributed by atoms with Crippen molar-refractivity contribution < 1.29 is 14.6 Å². The molecule has 0 saturated carbocycles. The summed E-state index contributed by atoms with van der Waals surface area (Å²) in [4.78, 5) is 18.7. The topological polar surface area (TPSA) is 72.3 Å². The van der Waals surface area contributed by atoms with E-state index in [4.69, 9.17) is 9.84 Å². The van der Waals surface area contributed by atoms with E-state index in [9.17, 15) is 4.79 Å². The number of nitrogens with zero attached hydrogens (tertiary/aromatic N) is 2. The molecule has 0 radical (unpaired) electrons. The molecular formula is C10H14N2O3. The summed E-state index contributed by atoms with van der Waals surface area (Å²) in [6, 6.07) is 1.37. The van der Waals surface area contributed by atoms with Crippen LogP contribution in [0.4, 0.5) is 0 Å². The van der Waals surface area contributed by atoms with Crippen LogP contribution >= 0.6 is 0 Å². The van der Waals surface area contributed by atoms with Crippen LogP contribution in [-0.2, 0) is 10.2 Å². The molecule has 1 heterocycles. The van der Waals surface area contributed by atoms with Crippen molar-refractivity contribution in [1.82, 2.24) is 9.97 Å². The fourth-order valence-electron chi connectivity index (χ4n) is 1.23. The van der Waals surface area contributed by atoms with Crippen LogP contribution in [0.15, 0.2) is 12.3 Å². The Morgan fingerprint density at radius 1 is 1.60 bits per heavy atom. The van der Waals surface area contributed by atoms with Gasteiger partial charge in [0.05, 0.1) is 6.61 Å². The molecule has 0 aliphatic rings. The normalized spacial score (nSPS) is 11.4. The van der Waals surface area contributed by atoms with E-state index in [0.717, 1.165) is 0 Å². The molecule has 0 amide bonds. The van der Waals surface area contributed by atoms with Crippen LogP contribution in [0.2, 0.25) is 0 Å². The monoisotopic (exact) mass is 210 g/mol. The number of carboxylic acid groups (broad SMARTS) is 1. The summed E-state index contributed by atoms with van der Waals surface area (Å²) >= 11 is 0. The Balaban J connectivity index is 3.04. The van der Waals surface area contributed by atoms with E-state index in [1.54, 1.807) is 7.11 Å². The van der Waals surface area contributed by atoms with E-state index >= 15 is 0 Å². The van der Waals surface area contributed by atoms with Crippen molar-refractivity contribution in [3.63, 3.8) is 0 Å². The first-order valence-electron chi connectivity index (χ1n) is 4.53. The number of ether oxygens (including phenoxy) is 1. The van der Waals surface area contributed by atoms with Crippen molar-refractivity contribution in [3.8, 4) is 0 Å². The zero-order chi connectivity index (χ0) is 11.5. The third kappa shape index (κ3) is 2.73. The highest BCUT2D eigenvalue weighted by atomic mass is 16.5. The number of aromatic nitrogens is 2. The highest BCUT2D eigenvalue weighted by Gasteiger charge is 2.24. The van der Waals surface area contributed by atoms with E-state index in [1.165, 1.54) is 12.3 Å². The minimum absolute atomic E-state index is 0.00387. The van der Waals surface area contributed by atoms with Gasteiger partial charge in [0.25, 0.3) is 0 Å². The van der Waals surface area contributed by atoms with Gasteiger partial charge in [-0.3, -0.25) is 0 Å². The number of hydrogen-bond acceptors (Lipinski definition) is 4. The van der Waals surface area contributed by atoms with Crippen LogP contribution in [0, 0.1) is 0 Å². The number of methoxy groups -OCH3 is 1. The lowest BCUT2D eigenvalue weighted by Crippen LogP contribution is -2.27. The molecule has 0 spiro atoms. The molecule has 1 aromatic rings. The molecule has 1 aromatic heterocycles. The summed E-state index contributed by atoms with van der Waals surface area (Å²) < 4.78 is 5.03. The molecule has 0 saturated heterocycles. The molecule has 15 heavy (non-hydrogen) atoms. The van der Waals surface area contributed by atoms with E-state index in [2.05, 4.69) is 9.97 Å². The first-order valence-corrected chi connectivity index (χ1v) is 4.53. The Morgan fingerprint density at radius 3 is 2.80 bits per heavy atom. The number of hydrogen-bond donors (Lipinski definition) is 1. The summed E-state index contributed by atoms with van der Waals surface area (Å²) in [5, 5.41) is 8.78. The van der Waals surface area contributed by atoms with Crippen LogP contribution in [0.5, 0.6) is 0 Å². The van der Waals surface area contributed by atoms with Gasteiger partial charge in [-0.2, -0.15) is 0 Å². The van der Waals surface area contributed by atoms with Gasteiger partial charge in [-0.25, -0.2) is 14.8 Å². The van der Waals surface area contributed by atoms with E-state index in [-0.39, 0.29) is 11.1 Å². The Morgan fingerprint density at radius 2 is 2.27 bits per heavy atom. The molecule has 5 nitrogen and oxygen atoms in total. The lowest BCUT2D eigenvalue weighted by atomic mass is 9.93. The number of carbonyl (C=O) groups is 1. The van der Waals surface area contributed by atoms with E-state index < -0.39 is 5.97 Å². The molecule has 0 aromatic carbocycles. The molecular weight excluding hydrogens is 196 g/mol. The van der Waals surface area contributed by atoms with Gasteiger partial charge in [-0.05, 0) is 6.07 Å². The van der Waals surface area contributed by atoms with E-state index in [1.807, 2.05) is 13.8 Å². The third-order valence-corrected chi connectivity index (χ3v) is 1.99. The molecule has 82 valence electrons. The maximum absolute atomic E-state index is 10.7. The van der Waals surface area contributed by atoms with Crippen molar-refractivity contribution in [3.05, 3.63) is 23.8 Å². The quantitative estimate of drug-likeness (QED) is 0.805. The lowest BCUT2D eigenvalue weighted by molar-refractivity contribution is 0.0688. The second kappa shape index (κ2) is 4.35. The third-order valence-electron chi connectivity index (χ3n) is 1.99. The van der Waals surface area contributed by atoms with Crippen LogP contribution < -0.4 is 0 Å². The van der Waals surface area contributed by atoms with Gasteiger partial charge < -0.3 is 9.84 Å². The average Bonchev–Trinajstić information content (AvgIpc) is 2.18. The number of aromatic carboxylic acids is 1. The Kier molecular flexibility index (Phi) is 3.36. The molecule has 0 aliphatic heterocycles. The summed E-state index contributed by atoms with van der Waals surface area (Å²) in [6.45, 7) is 4.24. The van der Waals surface area contributed by atoms with Gasteiger partial charge in [-0.15, -0.1) is 0 Å². The lowest BCUT2D eigenvalue weighted by Gasteiger charge is -2.21. The maximum atomic E-state index is 10.7. The van der Waals surface area contributed by atoms with Crippen LogP contribution in [-0.4, -0.2) is 34.8 Å². The molecule has 0 unspecified atom stereocenters. The van der Waals surface area contributed by atoms with Crippen molar-refractivity contribution in [2.24, 2.45) is 0 Å². The van der Waals surface area contributed by atoms with Crippen molar-refractivity contribution in [2.75, 3.05) is 13.7 Å². The van der Waals surface area contributed by atoms with Gasteiger partial charge >= 0.3 is 5.97 Å². The van der Waals surface area contributed by atoms with Gasteiger partial charge in [0.15, 0.2) is 5.69 Å². The zero-order valence-corrected chi connectivity index (χ0v) is 9.02. The molecule has 0 aliphatic carbocycles. The van der Waals surface area contributed by atoms with Crippen LogP contribution in [0.25, 0.3) is 0 Å². The van der Waals surface area contributed by atoms with Gasteiger partial charge in [-0.1, -0.05) is 13.8 Å². The van der Waals surface area contributed by atoms with Gasteiger partial charge in [0.2, 0.25) is 0 Å². The molecule has 0 bridgehead atoms. The Labute approximate surface area is 88.1 Å². The number of rotatable bonds is 4. The summed E-state index contributed by atoms with van der Waals surface area (Å²) in [5.41, 5.74) is -0.385. The fraction of sp³-hybridized carbons (Fsp3) is 0.500. The average molecular weight is 210 g/mol. The van der Waals surface area contributed by atoms with Crippen LogP contribution in [0.3, 0.4) is 0 Å². The second-order valence-electron chi connectivity index (χ2n) is 3.89. The molecule has 1 rings (SSSR count). The number of carboxylic acids is 1. The molecule has 0 atom stereocenters. The van der Waals surface area contributed by atoms with Gasteiger partial charge in [0, 0.05) is 18.7 Å². The SMILES string of the molecule is COCC(C)(C)c1nccc(C(=O)O)n1. The fourth-order valence-corrected chi connectivity index (χ4v) is 1.23. The highest BCUT2D eigenvalue weighted by Crippen LogP contribution is 2.19. The summed E-state index contributed by atoms with van der Waals surface area (Å²) in [7, 11) is 1.59. The highest BCUT2D eigenvalue weighted by molar-refractivity contribution is 5.85. The predicted octanol–water partition coefficient (Wildman–Crippen LogP) is 1.10. The van der Waals surface area contributed by atoms with Crippen molar-refractivity contribution >= 4 is 5.97 Å². The second-order valence-corrected chi connectivity index (χ2v) is 3.89. The smallest absolute Gasteiger partial charge is 0.354 e. The standard InChI is InChI=1S/C10H14N2O3/c1-10(2,6-15-3)9-11-5-4-7(12-9)8(13)14/h4-5H,6H2,1-3H3,(H,13,14). The Bertz CT molecular complexity index is 363. The van der Waals surface area contributed by atoms with Crippen molar-refractivity contribution in [1.29, 1.82) is 0 Å². The van der Waals surface area contributed by atoms with Gasteiger partial charge in [0.1, 0.15) is 5.82 Å². The minimum atomic E-state index is -1.05. The van der Waals surface area contributed by atoms with E-state index in [0.29, 0.717) is 12.4 Å². The largest absolute Gasteiger partial charge is 0.477 e. The first-order chi connectivity index (χ1) is 6.97. The van der Waals surface area contributed by atoms with Crippen molar-refractivity contribution in [2.45, 2.75) is 19.3 Å². The summed E-state index contributed by atoms with van der Waals surface area (Å²) in [5.74, 6) is -0.573. The maximum Gasteiger partial charge on any atom is 0.354 e.